The van der Waals surface area contributed by atoms with Crippen molar-refractivity contribution in [1.82, 2.24) is 10.9 Å². The highest BCUT2D eigenvalue weighted by Gasteiger charge is 2.13. The maximum atomic E-state index is 11.7. The topological polar surface area (TPSA) is 78.4 Å². The van der Waals surface area contributed by atoms with Gasteiger partial charge in [0.1, 0.15) is 0 Å². The Labute approximate surface area is 139 Å². The van der Waals surface area contributed by atoms with Crippen LogP contribution in [0.5, 0.6) is 0 Å². The fourth-order valence-electron chi connectivity index (χ4n) is 1.99. The second kappa shape index (κ2) is 8.31. The zero-order valence-corrected chi connectivity index (χ0v) is 13.1. The molecule has 0 heterocycles. The van der Waals surface area contributed by atoms with Crippen LogP contribution in [0.4, 0.5) is 0 Å². The lowest BCUT2D eigenvalue weighted by molar-refractivity contribution is -0.129. The molecule has 1 unspecified atom stereocenters. The van der Waals surface area contributed by atoms with Gasteiger partial charge in [-0.2, -0.15) is 0 Å². The number of carbonyl (C=O) groups excluding carboxylic acids is 2. The van der Waals surface area contributed by atoms with Crippen LogP contribution in [0.3, 0.4) is 0 Å². The minimum absolute atomic E-state index is 0.124. The highest BCUT2D eigenvalue weighted by Crippen LogP contribution is 2.15. The average molecular weight is 333 g/mol. The van der Waals surface area contributed by atoms with E-state index in [-0.39, 0.29) is 18.7 Å². The molecule has 0 saturated heterocycles. The van der Waals surface area contributed by atoms with Crippen LogP contribution in [0.2, 0.25) is 5.02 Å². The van der Waals surface area contributed by atoms with Gasteiger partial charge in [-0.15, -0.1) is 0 Å². The lowest BCUT2D eigenvalue weighted by Gasteiger charge is -2.12. The maximum Gasteiger partial charge on any atom is 0.242 e. The average Bonchev–Trinajstić information content (AvgIpc) is 2.56. The summed E-state index contributed by atoms with van der Waals surface area (Å²) >= 11 is 5.77. The molecule has 0 fully saturated rings. The predicted molar refractivity (Wildman–Crippen MR) is 87.5 cm³/mol. The summed E-state index contributed by atoms with van der Waals surface area (Å²) in [5.74, 6) is -0.819. The van der Waals surface area contributed by atoms with Crippen LogP contribution in [0, 0.1) is 0 Å². The molecule has 6 heteroatoms. The summed E-state index contributed by atoms with van der Waals surface area (Å²) in [6.07, 6.45) is -0.923. The molecule has 0 aliphatic carbocycles. The molecule has 0 aliphatic heterocycles. The van der Waals surface area contributed by atoms with Crippen molar-refractivity contribution in [2.24, 2.45) is 0 Å². The summed E-state index contributed by atoms with van der Waals surface area (Å²) in [7, 11) is 0. The number of hydrogen-bond acceptors (Lipinski definition) is 3. The van der Waals surface area contributed by atoms with Crippen LogP contribution < -0.4 is 10.9 Å². The Bertz CT molecular complexity index is 659. The van der Waals surface area contributed by atoms with Gasteiger partial charge in [-0.3, -0.25) is 20.4 Å². The molecule has 0 spiro atoms. The fraction of sp³-hybridized carbons (Fsp3) is 0.176. The predicted octanol–water partition coefficient (Wildman–Crippen LogP) is 2.15. The Morgan fingerprint density at radius 1 is 0.957 bits per heavy atom. The van der Waals surface area contributed by atoms with Crippen LogP contribution in [0.1, 0.15) is 23.7 Å². The van der Waals surface area contributed by atoms with Crippen molar-refractivity contribution in [3.05, 3.63) is 70.7 Å². The molecule has 0 saturated carbocycles. The third kappa shape index (κ3) is 5.73. The molecule has 23 heavy (non-hydrogen) atoms. The lowest BCUT2D eigenvalue weighted by atomic mass is 10.1. The van der Waals surface area contributed by atoms with Crippen molar-refractivity contribution < 1.29 is 14.7 Å². The van der Waals surface area contributed by atoms with E-state index >= 15 is 0 Å². The molecule has 2 rings (SSSR count). The quantitative estimate of drug-likeness (QED) is 0.734. The van der Waals surface area contributed by atoms with Gasteiger partial charge in [0.25, 0.3) is 0 Å². The number of nitrogens with one attached hydrogen (secondary N) is 2. The fourth-order valence-corrected chi connectivity index (χ4v) is 2.12. The molecule has 0 radical (unpaired) electrons. The highest BCUT2D eigenvalue weighted by atomic mass is 35.5. The van der Waals surface area contributed by atoms with Gasteiger partial charge >= 0.3 is 0 Å². The summed E-state index contributed by atoms with van der Waals surface area (Å²) in [6, 6.07) is 15.7. The first-order valence-electron chi connectivity index (χ1n) is 7.10. The largest absolute Gasteiger partial charge is 0.388 e. The summed E-state index contributed by atoms with van der Waals surface area (Å²) in [5.41, 5.74) is 6.04. The zero-order chi connectivity index (χ0) is 16.7. The van der Waals surface area contributed by atoms with E-state index in [4.69, 9.17) is 11.6 Å². The van der Waals surface area contributed by atoms with Crippen molar-refractivity contribution in [1.29, 1.82) is 0 Å². The monoisotopic (exact) mass is 332 g/mol. The summed E-state index contributed by atoms with van der Waals surface area (Å²) in [4.78, 5) is 23.5. The Morgan fingerprint density at radius 2 is 1.57 bits per heavy atom. The van der Waals surface area contributed by atoms with Crippen LogP contribution in [-0.4, -0.2) is 16.9 Å². The molecule has 120 valence electrons. The van der Waals surface area contributed by atoms with Gasteiger partial charge in [-0.25, -0.2) is 0 Å². The minimum atomic E-state index is -0.913. The van der Waals surface area contributed by atoms with E-state index in [2.05, 4.69) is 10.9 Å². The molecule has 1 atom stereocenters. The second-order valence-corrected chi connectivity index (χ2v) is 5.47. The molecule has 2 aromatic rings. The van der Waals surface area contributed by atoms with E-state index in [9.17, 15) is 14.7 Å². The van der Waals surface area contributed by atoms with Crippen molar-refractivity contribution in [2.75, 3.05) is 0 Å². The highest BCUT2D eigenvalue weighted by molar-refractivity contribution is 6.30. The Kier molecular flexibility index (Phi) is 6.14. The van der Waals surface area contributed by atoms with E-state index in [1.165, 1.54) is 0 Å². The smallest absolute Gasteiger partial charge is 0.242 e. The van der Waals surface area contributed by atoms with E-state index in [0.29, 0.717) is 10.6 Å². The number of rotatable bonds is 5. The molecule has 5 nitrogen and oxygen atoms in total. The number of hydrogen-bond donors (Lipinski definition) is 3. The van der Waals surface area contributed by atoms with E-state index in [1.54, 1.807) is 48.5 Å². The number of hydrazine groups is 1. The van der Waals surface area contributed by atoms with Crippen molar-refractivity contribution >= 4 is 23.4 Å². The Morgan fingerprint density at radius 3 is 2.22 bits per heavy atom. The summed E-state index contributed by atoms with van der Waals surface area (Å²) in [6.45, 7) is 0. The van der Waals surface area contributed by atoms with Gasteiger partial charge in [-0.1, -0.05) is 54.1 Å². The van der Waals surface area contributed by atoms with Crippen LogP contribution in [0.25, 0.3) is 0 Å². The normalized spacial score (nSPS) is 11.6. The van der Waals surface area contributed by atoms with Gasteiger partial charge in [0, 0.05) is 5.02 Å². The van der Waals surface area contributed by atoms with Gasteiger partial charge in [0.05, 0.1) is 18.9 Å². The summed E-state index contributed by atoms with van der Waals surface area (Å²) < 4.78 is 0. The first-order valence-corrected chi connectivity index (χ1v) is 7.47. The third-order valence-electron chi connectivity index (χ3n) is 3.18. The van der Waals surface area contributed by atoms with Gasteiger partial charge in [0.15, 0.2) is 0 Å². The van der Waals surface area contributed by atoms with Gasteiger partial charge < -0.3 is 5.11 Å². The van der Waals surface area contributed by atoms with Crippen molar-refractivity contribution in [2.45, 2.75) is 18.9 Å². The summed E-state index contributed by atoms with van der Waals surface area (Å²) in [5, 5.41) is 10.5. The molecule has 2 amide bonds. The van der Waals surface area contributed by atoms with E-state index in [1.807, 2.05) is 6.07 Å². The first kappa shape index (κ1) is 17.0. The number of benzene rings is 2. The lowest BCUT2D eigenvalue weighted by Crippen LogP contribution is -2.42. The molecular weight excluding hydrogens is 316 g/mol. The van der Waals surface area contributed by atoms with Gasteiger partial charge in [-0.05, 0) is 23.3 Å². The molecular formula is C17H17ClN2O3. The van der Waals surface area contributed by atoms with Crippen LogP contribution >= 0.6 is 11.6 Å². The van der Waals surface area contributed by atoms with E-state index < -0.39 is 12.0 Å². The Hall–Kier alpha value is -2.37. The Balaban J connectivity index is 1.75. The maximum absolute atomic E-state index is 11.7. The SMILES string of the molecule is O=C(Cc1ccc(Cl)cc1)NNC(=O)CC(O)c1ccccc1. The molecule has 2 aromatic carbocycles. The second-order valence-electron chi connectivity index (χ2n) is 5.03. The van der Waals surface area contributed by atoms with Gasteiger partial charge in [0.2, 0.25) is 11.8 Å². The van der Waals surface area contributed by atoms with Crippen molar-refractivity contribution in [3.63, 3.8) is 0 Å². The first-order chi connectivity index (χ1) is 11.0. The van der Waals surface area contributed by atoms with Crippen LogP contribution in [0.15, 0.2) is 54.6 Å². The molecule has 0 aliphatic rings. The van der Waals surface area contributed by atoms with E-state index in [0.717, 1.165) is 5.56 Å². The minimum Gasteiger partial charge on any atom is -0.388 e. The molecule has 0 aromatic heterocycles. The molecule has 0 bridgehead atoms. The number of aliphatic hydroxyl groups is 1. The molecule has 3 N–H and O–H groups in total. The van der Waals surface area contributed by atoms with Crippen molar-refractivity contribution in [3.8, 4) is 0 Å². The number of carbonyl (C=O) groups is 2. The number of halogens is 1. The zero-order valence-electron chi connectivity index (χ0n) is 12.3. The number of aliphatic hydroxyl groups excluding tert-OH is 1. The number of amides is 2. The van der Waals surface area contributed by atoms with Crippen LogP contribution in [-0.2, 0) is 16.0 Å². The standard InChI is InChI=1S/C17H17ClN2O3/c18-14-8-6-12(7-9-14)10-16(22)19-20-17(23)11-15(21)13-4-2-1-3-5-13/h1-9,15,21H,10-11H2,(H,19,22)(H,20,23). The third-order valence-corrected chi connectivity index (χ3v) is 3.43.